The summed E-state index contributed by atoms with van der Waals surface area (Å²) in [5.41, 5.74) is 2.42. The van der Waals surface area contributed by atoms with Crippen molar-refractivity contribution in [2.24, 2.45) is 0 Å². The molecule has 2 aromatic carbocycles. The van der Waals surface area contributed by atoms with Crippen LogP contribution in [0.15, 0.2) is 51.7 Å². The molecular weight excluding hydrogens is 356 g/mol. The first-order valence-corrected chi connectivity index (χ1v) is 9.37. The molecule has 1 fully saturated rings. The highest BCUT2D eigenvalue weighted by atomic mass is 16.5. The van der Waals surface area contributed by atoms with Gasteiger partial charge >= 0.3 is 5.63 Å². The number of benzene rings is 2. The van der Waals surface area contributed by atoms with E-state index in [2.05, 4.69) is 23.2 Å². The molecule has 0 amide bonds. The maximum absolute atomic E-state index is 12.7. The largest absolute Gasteiger partial charge is 0.497 e. The van der Waals surface area contributed by atoms with Crippen molar-refractivity contribution in [3.8, 4) is 22.6 Å². The van der Waals surface area contributed by atoms with Gasteiger partial charge in [-0.1, -0.05) is 0 Å². The number of anilines is 1. The molecule has 146 valence electrons. The fourth-order valence-corrected chi connectivity index (χ4v) is 3.67. The van der Waals surface area contributed by atoms with E-state index in [4.69, 9.17) is 13.9 Å². The molecule has 6 heteroatoms. The van der Waals surface area contributed by atoms with Gasteiger partial charge in [0.15, 0.2) is 0 Å². The van der Waals surface area contributed by atoms with Gasteiger partial charge in [-0.15, -0.1) is 0 Å². The predicted octanol–water partition coefficient (Wildman–Crippen LogP) is 3.28. The fraction of sp³-hybridized carbons (Fsp3) is 0.318. The number of nitrogens with zero attached hydrogens (tertiary/aromatic N) is 1. The van der Waals surface area contributed by atoms with Crippen LogP contribution in [-0.2, 0) is 0 Å². The standard InChI is InChI=1S/C22H24N2O4/c1-14-13-24(9-8-23-14)16-5-4-15-10-19(22(25)28-20(15)11-16)18-7-6-17(26-2)12-21(18)27-3/h4-7,10-12,14,23H,8-9,13H2,1-3H3/t14-/m1/s1. The molecule has 4 rings (SSSR count). The number of piperazine rings is 1. The second kappa shape index (κ2) is 7.56. The van der Waals surface area contributed by atoms with Crippen LogP contribution in [0.1, 0.15) is 6.92 Å². The summed E-state index contributed by atoms with van der Waals surface area (Å²) in [5, 5.41) is 4.31. The van der Waals surface area contributed by atoms with Gasteiger partial charge < -0.3 is 24.1 Å². The van der Waals surface area contributed by atoms with Gasteiger partial charge in [0.05, 0.1) is 19.8 Å². The molecule has 0 saturated carbocycles. The molecule has 2 heterocycles. The lowest BCUT2D eigenvalue weighted by molar-refractivity contribution is 0.395. The molecule has 1 aliphatic rings. The lowest BCUT2D eigenvalue weighted by Crippen LogP contribution is -2.49. The van der Waals surface area contributed by atoms with Gasteiger partial charge in [0, 0.05) is 54.4 Å². The van der Waals surface area contributed by atoms with Crippen LogP contribution in [0.4, 0.5) is 5.69 Å². The molecule has 6 nitrogen and oxygen atoms in total. The van der Waals surface area contributed by atoms with E-state index >= 15 is 0 Å². The van der Waals surface area contributed by atoms with E-state index in [1.54, 1.807) is 26.4 Å². The van der Waals surface area contributed by atoms with Crippen molar-refractivity contribution in [3.05, 3.63) is 52.9 Å². The molecule has 0 aliphatic carbocycles. The number of nitrogens with one attached hydrogen (secondary N) is 1. The van der Waals surface area contributed by atoms with Crippen molar-refractivity contribution in [2.75, 3.05) is 38.8 Å². The number of hydrogen-bond acceptors (Lipinski definition) is 6. The summed E-state index contributed by atoms with van der Waals surface area (Å²) in [6.45, 7) is 4.97. The number of fused-ring (bicyclic) bond motifs is 1. The molecule has 1 aliphatic heterocycles. The van der Waals surface area contributed by atoms with Crippen molar-refractivity contribution in [1.29, 1.82) is 0 Å². The van der Waals surface area contributed by atoms with E-state index in [9.17, 15) is 4.79 Å². The highest BCUT2D eigenvalue weighted by Crippen LogP contribution is 2.33. The minimum Gasteiger partial charge on any atom is -0.497 e. The lowest BCUT2D eigenvalue weighted by Gasteiger charge is -2.33. The number of rotatable bonds is 4. The molecule has 1 atom stereocenters. The van der Waals surface area contributed by atoms with Crippen LogP contribution in [-0.4, -0.2) is 39.9 Å². The Morgan fingerprint density at radius 2 is 1.93 bits per heavy atom. The molecule has 1 aromatic heterocycles. The van der Waals surface area contributed by atoms with E-state index in [0.717, 1.165) is 30.7 Å². The zero-order valence-corrected chi connectivity index (χ0v) is 16.3. The minimum absolute atomic E-state index is 0.387. The van der Waals surface area contributed by atoms with Gasteiger partial charge in [-0.05, 0) is 37.3 Å². The summed E-state index contributed by atoms with van der Waals surface area (Å²) >= 11 is 0. The van der Waals surface area contributed by atoms with Crippen molar-refractivity contribution in [2.45, 2.75) is 13.0 Å². The van der Waals surface area contributed by atoms with Crippen LogP contribution in [0.3, 0.4) is 0 Å². The second-order valence-electron chi connectivity index (χ2n) is 7.04. The van der Waals surface area contributed by atoms with Crippen molar-refractivity contribution >= 4 is 16.7 Å². The van der Waals surface area contributed by atoms with Gasteiger partial charge in [0.2, 0.25) is 0 Å². The topological polar surface area (TPSA) is 63.9 Å². The summed E-state index contributed by atoms with van der Waals surface area (Å²) in [5.74, 6) is 1.23. The summed E-state index contributed by atoms with van der Waals surface area (Å²) in [6, 6.07) is 13.7. The first kappa shape index (κ1) is 18.4. The third-order valence-electron chi connectivity index (χ3n) is 5.15. The van der Waals surface area contributed by atoms with E-state index in [1.165, 1.54) is 0 Å². The first-order valence-electron chi connectivity index (χ1n) is 9.37. The monoisotopic (exact) mass is 380 g/mol. The maximum atomic E-state index is 12.7. The SMILES string of the molecule is COc1ccc(-c2cc3ccc(N4CCN[C@H](C)C4)cc3oc2=O)c(OC)c1. The Hall–Kier alpha value is -2.99. The quantitative estimate of drug-likeness (QED) is 0.701. The molecule has 0 spiro atoms. The summed E-state index contributed by atoms with van der Waals surface area (Å²) in [4.78, 5) is 15.0. The molecule has 1 saturated heterocycles. The third kappa shape index (κ3) is 3.43. The Morgan fingerprint density at radius 1 is 1.07 bits per heavy atom. The molecule has 0 unspecified atom stereocenters. The minimum atomic E-state index is -0.387. The normalized spacial score (nSPS) is 17.0. The molecule has 0 bridgehead atoms. The highest BCUT2D eigenvalue weighted by molar-refractivity contribution is 5.85. The predicted molar refractivity (Wildman–Crippen MR) is 111 cm³/mol. The molecule has 3 aromatic rings. The van der Waals surface area contributed by atoms with Gasteiger partial charge in [0.1, 0.15) is 17.1 Å². The molecule has 28 heavy (non-hydrogen) atoms. The van der Waals surface area contributed by atoms with Crippen LogP contribution in [0.2, 0.25) is 0 Å². The average Bonchev–Trinajstić information content (AvgIpc) is 2.72. The summed E-state index contributed by atoms with van der Waals surface area (Å²) < 4.78 is 16.4. The maximum Gasteiger partial charge on any atom is 0.344 e. The van der Waals surface area contributed by atoms with E-state index in [1.807, 2.05) is 24.3 Å². The van der Waals surface area contributed by atoms with Crippen LogP contribution in [0, 0.1) is 0 Å². The molecular formula is C22H24N2O4. The van der Waals surface area contributed by atoms with Crippen LogP contribution < -0.4 is 25.3 Å². The van der Waals surface area contributed by atoms with Crippen LogP contribution >= 0.6 is 0 Å². The number of hydrogen-bond donors (Lipinski definition) is 1. The fourth-order valence-electron chi connectivity index (χ4n) is 3.67. The van der Waals surface area contributed by atoms with Crippen LogP contribution in [0.5, 0.6) is 11.5 Å². The van der Waals surface area contributed by atoms with Crippen LogP contribution in [0.25, 0.3) is 22.1 Å². The highest BCUT2D eigenvalue weighted by Gasteiger charge is 2.18. The smallest absolute Gasteiger partial charge is 0.344 e. The van der Waals surface area contributed by atoms with E-state index in [-0.39, 0.29) is 5.63 Å². The lowest BCUT2D eigenvalue weighted by atomic mass is 10.0. The zero-order chi connectivity index (χ0) is 19.7. The van der Waals surface area contributed by atoms with E-state index in [0.29, 0.717) is 34.3 Å². The van der Waals surface area contributed by atoms with Crippen molar-refractivity contribution < 1.29 is 13.9 Å². The molecule has 1 N–H and O–H groups in total. The van der Waals surface area contributed by atoms with Gasteiger partial charge in [-0.3, -0.25) is 0 Å². The Kier molecular flexibility index (Phi) is 4.96. The van der Waals surface area contributed by atoms with Gasteiger partial charge in [-0.2, -0.15) is 0 Å². The Labute approximate surface area is 163 Å². The van der Waals surface area contributed by atoms with E-state index < -0.39 is 0 Å². The van der Waals surface area contributed by atoms with Gasteiger partial charge in [-0.25, -0.2) is 4.79 Å². The number of methoxy groups -OCH3 is 2. The summed E-state index contributed by atoms with van der Waals surface area (Å²) in [6.07, 6.45) is 0. The van der Waals surface area contributed by atoms with Crippen molar-refractivity contribution in [1.82, 2.24) is 5.32 Å². The Bertz CT molecular complexity index is 1060. The Balaban J connectivity index is 1.75. The number of ether oxygens (including phenoxy) is 2. The van der Waals surface area contributed by atoms with Crippen molar-refractivity contribution in [3.63, 3.8) is 0 Å². The first-order chi connectivity index (χ1) is 13.6. The molecule has 0 radical (unpaired) electrons. The third-order valence-corrected chi connectivity index (χ3v) is 5.15. The zero-order valence-electron chi connectivity index (χ0n) is 16.3. The second-order valence-corrected chi connectivity index (χ2v) is 7.04. The Morgan fingerprint density at radius 3 is 2.68 bits per heavy atom. The van der Waals surface area contributed by atoms with Gasteiger partial charge in [0.25, 0.3) is 0 Å². The summed E-state index contributed by atoms with van der Waals surface area (Å²) in [7, 11) is 3.16. The average molecular weight is 380 g/mol.